The molecule has 150 valence electrons. The van der Waals surface area contributed by atoms with Gasteiger partial charge in [0.15, 0.2) is 0 Å². The molecule has 0 bridgehead atoms. The van der Waals surface area contributed by atoms with Crippen molar-refractivity contribution < 1.29 is 9.53 Å². The highest BCUT2D eigenvalue weighted by Gasteiger charge is 2.15. The van der Waals surface area contributed by atoms with Crippen LogP contribution in [0.3, 0.4) is 0 Å². The maximum Gasteiger partial charge on any atom is 0.413 e. The first kappa shape index (κ1) is 20.7. The van der Waals surface area contributed by atoms with Crippen LogP contribution < -0.4 is 15.6 Å². The summed E-state index contributed by atoms with van der Waals surface area (Å²) in [6.07, 6.45) is 1.32. The van der Waals surface area contributed by atoms with Gasteiger partial charge in [-0.2, -0.15) is 0 Å². The van der Waals surface area contributed by atoms with Gasteiger partial charge < -0.3 is 14.6 Å². The topological polar surface area (TPSA) is 60.3 Å². The molecule has 0 radical (unpaired) electrons. The number of rotatable bonds is 4. The second kappa shape index (κ2) is 8.53. The highest BCUT2D eigenvalue weighted by atomic mass is 35.5. The van der Waals surface area contributed by atoms with Gasteiger partial charge in [0.2, 0.25) is 0 Å². The van der Waals surface area contributed by atoms with Gasteiger partial charge in [-0.3, -0.25) is 4.79 Å². The average Bonchev–Trinajstić information content (AvgIpc) is 2.64. The van der Waals surface area contributed by atoms with E-state index in [9.17, 15) is 9.59 Å². The minimum absolute atomic E-state index is 0.0810. The van der Waals surface area contributed by atoms with Crippen LogP contribution in [0.2, 0.25) is 5.02 Å². The molecule has 0 aliphatic rings. The van der Waals surface area contributed by atoms with E-state index in [0.717, 1.165) is 16.7 Å². The molecule has 3 aromatic rings. The van der Waals surface area contributed by atoms with Crippen LogP contribution in [0.25, 0.3) is 11.1 Å². The number of amides is 1. The average molecular weight is 411 g/mol. The zero-order valence-corrected chi connectivity index (χ0v) is 17.4. The first-order valence-electron chi connectivity index (χ1n) is 9.25. The van der Waals surface area contributed by atoms with Crippen molar-refractivity contribution in [3.05, 3.63) is 87.8 Å². The fraction of sp³-hybridized carbons (Fsp3) is 0.217. The van der Waals surface area contributed by atoms with Crippen molar-refractivity contribution >= 4 is 17.7 Å². The summed E-state index contributed by atoms with van der Waals surface area (Å²) >= 11 is 5.92. The predicted octanol–water partition coefficient (Wildman–Crippen LogP) is 5.10. The van der Waals surface area contributed by atoms with E-state index in [1.807, 2.05) is 51.2 Å². The van der Waals surface area contributed by atoms with Crippen molar-refractivity contribution in [2.45, 2.75) is 32.9 Å². The third-order valence-electron chi connectivity index (χ3n) is 4.12. The molecule has 0 saturated heterocycles. The van der Waals surface area contributed by atoms with E-state index in [4.69, 9.17) is 16.3 Å². The van der Waals surface area contributed by atoms with E-state index in [0.29, 0.717) is 17.3 Å². The van der Waals surface area contributed by atoms with Gasteiger partial charge in [-0.25, -0.2) is 4.79 Å². The van der Waals surface area contributed by atoms with Crippen LogP contribution in [0.4, 0.5) is 4.79 Å². The lowest BCUT2D eigenvalue weighted by Crippen LogP contribution is -2.42. The lowest BCUT2D eigenvalue weighted by atomic mass is 10.1. The molecular weight excluding hydrogens is 388 g/mol. The SMILES string of the molecule is CC(C)(C)NC(=O)Oc1ccc(-c2ccc(=O)n(Cc3ccc(Cl)cc3)c2)cc1. The fourth-order valence-electron chi connectivity index (χ4n) is 2.77. The Morgan fingerprint density at radius 3 is 2.21 bits per heavy atom. The van der Waals surface area contributed by atoms with Gasteiger partial charge in [0, 0.05) is 22.8 Å². The summed E-state index contributed by atoms with van der Waals surface area (Å²) in [5.41, 5.74) is 2.35. The minimum atomic E-state index is -0.498. The first-order valence-corrected chi connectivity index (χ1v) is 9.63. The van der Waals surface area contributed by atoms with Gasteiger partial charge in [0.1, 0.15) is 5.75 Å². The Kier molecular flexibility index (Phi) is 6.09. The van der Waals surface area contributed by atoms with Gasteiger partial charge in [-0.15, -0.1) is 0 Å². The van der Waals surface area contributed by atoms with Crippen LogP contribution >= 0.6 is 11.6 Å². The van der Waals surface area contributed by atoms with Crippen LogP contribution in [-0.2, 0) is 6.54 Å². The Bertz CT molecular complexity index is 1050. The molecule has 1 aromatic heterocycles. The Morgan fingerprint density at radius 1 is 0.966 bits per heavy atom. The second-order valence-corrected chi connectivity index (χ2v) is 8.24. The molecular formula is C23H23ClN2O3. The Morgan fingerprint density at radius 2 is 1.59 bits per heavy atom. The number of nitrogens with one attached hydrogen (secondary N) is 1. The third kappa shape index (κ3) is 5.96. The van der Waals surface area contributed by atoms with E-state index in [1.54, 1.807) is 41.0 Å². The van der Waals surface area contributed by atoms with Gasteiger partial charge in [-0.05, 0) is 67.8 Å². The molecule has 1 heterocycles. The number of carbonyl (C=O) groups is 1. The summed E-state index contributed by atoms with van der Waals surface area (Å²) in [6.45, 7) is 6.11. The van der Waals surface area contributed by atoms with Crippen molar-refractivity contribution in [3.63, 3.8) is 0 Å². The molecule has 1 N–H and O–H groups in total. The summed E-state index contributed by atoms with van der Waals surface area (Å²) in [4.78, 5) is 24.1. The molecule has 6 heteroatoms. The molecule has 0 atom stereocenters. The van der Waals surface area contributed by atoms with Crippen molar-refractivity contribution in [2.24, 2.45) is 0 Å². The zero-order chi connectivity index (χ0) is 21.0. The summed E-state index contributed by atoms with van der Waals surface area (Å²) in [6, 6.07) is 17.9. The van der Waals surface area contributed by atoms with Gasteiger partial charge in [-0.1, -0.05) is 35.9 Å². The standard InChI is InChI=1S/C23H23ClN2O3/c1-23(2,3)25-22(28)29-20-11-6-17(7-12-20)18-8-13-21(27)26(15-18)14-16-4-9-19(24)10-5-16/h4-13,15H,14H2,1-3H3,(H,25,28). The Hall–Kier alpha value is -3.05. The van der Waals surface area contributed by atoms with Gasteiger partial charge >= 0.3 is 6.09 Å². The summed E-state index contributed by atoms with van der Waals surface area (Å²) in [5, 5.41) is 3.41. The molecule has 3 rings (SSSR count). The van der Waals surface area contributed by atoms with Crippen LogP contribution in [0.15, 0.2) is 71.7 Å². The van der Waals surface area contributed by atoms with Crippen LogP contribution in [0.1, 0.15) is 26.3 Å². The zero-order valence-electron chi connectivity index (χ0n) is 16.6. The molecule has 0 spiro atoms. The third-order valence-corrected chi connectivity index (χ3v) is 4.38. The van der Waals surface area contributed by atoms with Gasteiger partial charge in [0.25, 0.3) is 5.56 Å². The molecule has 2 aromatic carbocycles. The lowest BCUT2D eigenvalue weighted by Gasteiger charge is -2.19. The molecule has 0 fully saturated rings. The number of halogens is 1. The Balaban J connectivity index is 1.76. The van der Waals surface area contributed by atoms with Crippen LogP contribution in [0, 0.1) is 0 Å². The number of pyridine rings is 1. The minimum Gasteiger partial charge on any atom is -0.410 e. The van der Waals surface area contributed by atoms with Crippen molar-refractivity contribution in [2.75, 3.05) is 0 Å². The van der Waals surface area contributed by atoms with E-state index >= 15 is 0 Å². The maximum absolute atomic E-state index is 12.2. The van der Waals surface area contributed by atoms with Crippen LogP contribution in [0.5, 0.6) is 5.75 Å². The smallest absolute Gasteiger partial charge is 0.410 e. The number of nitrogens with zero attached hydrogens (tertiary/aromatic N) is 1. The largest absolute Gasteiger partial charge is 0.413 e. The predicted molar refractivity (Wildman–Crippen MR) is 116 cm³/mol. The molecule has 1 amide bonds. The first-order chi connectivity index (χ1) is 13.7. The number of benzene rings is 2. The summed E-state index contributed by atoms with van der Waals surface area (Å²) in [5.74, 6) is 0.449. The highest BCUT2D eigenvalue weighted by Crippen LogP contribution is 2.22. The van der Waals surface area contributed by atoms with Gasteiger partial charge in [0.05, 0.1) is 6.54 Å². The fourth-order valence-corrected chi connectivity index (χ4v) is 2.89. The molecule has 0 aliphatic carbocycles. The van der Waals surface area contributed by atoms with Crippen molar-refractivity contribution in [1.82, 2.24) is 9.88 Å². The quantitative estimate of drug-likeness (QED) is 0.650. The number of carbonyl (C=O) groups excluding carboxylic acids is 1. The molecule has 5 nitrogen and oxygen atoms in total. The lowest BCUT2D eigenvalue weighted by molar-refractivity contribution is 0.190. The Labute approximate surface area is 174 Å². The summed E-state index contributed by atoms with van der Waals surface area (Å²) in [7, 11) is 0. The van der Waals surface area contributed by atoms with Crippen molar-refractivity contribution in [3.8, 4) is 16.9 Å². The monoisotopic (exact) mass is 410 g/mol. The normalized spacial score (nSPS) is 11.2. The molecule has 0 aliphatic heterocycles. The van der Waals surface area contributed by atoms with Crippen LogP contribution in [-0.4, -0.2) is 16.2 Å². The van der Waals surface area contributed by atoms with Crippen molar-refractivity contribution in [1.29, 1.82) is 0 Å². The number of hydrogen-bond donors (Lipinski definition) is 1. The van der Waals surface area contributed by atoms with E-state index in [-0.39, 0.29) is 11.1 Å². The summed E-state index contributed by atoms with van der Waals surface area (Å²) < 4.78 is 6.95. The highest BCUT2D eigenvalue weighted by molar-refractivity contribution is 6.30. The number of hydrogen-bond acceptors (Lipinski definition) is 3. The maximum atomic E-state index is 12.2. The molecule has 29 heavy (non-hydrogen) atoms. The van der Waals surface area contributed by atoms with E-state index < -0.39 is 6.09 Å². The second-order valence-electron chi connectivity index (χ2n) is 7.80. The van der Waals surface area contributed by atoms with E-state index in [2.05, 4.69) is 5.32 Å². The number of aromatic nitrogens is 1. The molecule has 0 saturated carbocycles. The molecule has 0 unspecified atom stereocenters. The number of ether oxygens (including phenoxy) is 1. The van der Waals surface area contributed by atoms with E-state index in [1.165, 1.54) is 0 Å².